The highest BCUT2D eigenvalue weighted by Crippen LogP contribution is 2.32. The average Bonchev–Trinajstić information content (AvgIpc) is 2.90. The third-order valence-corrected chi connectivity index (χ3v) is 3.18. The number of methoxy groups -OCH3 is 1. The molecule has 0 unspecified atom stereocenters. The lowest BCUT2D eigenvalue weighted by molar-refractivity contribution is 0.0708. The molecule has 1 amide bonds. The van der Waals surface area contributed by atoms with Crippen molar-refractivity contribution in [1.82, 2.24) is 4.90 Å². The summed E-state index contributed by atoms with van der Waals surface area (Å²) < 4.78 is 15.5. The number of hydrogen-bond acceptors (Lipinski definition) is 4. The lowest BCUT2D eigenvalue weighted by Crippen LogP contribution is -2.35. The first-order chi connectivity index (χ1) is 9.26. The van der Waals surface area contributed by atoms with Crippen LogP contribution in [0.2, 0.25) is 0 Å². The van der Waals surface area contributed by atoms with Gasteiger partial charge in [0.15, 0.2) is 11.5 Å². The van der Waals surface area contributed by atoms with Crippen LogP contribution < -0.4 is 9.47 Å². The van der Waals surface area contributed by atoms with E-state index in [1.165, 1.54) is 0 Å². The minimum atomic E-state index is -0.0326. The van der Waals surface area contributed by atoms with Gasteiger partial charge in [-0.3, -0.25) is 4.79 Å². The van der Waals surface area contributed by atoms with Crippen molar-refractivity contribution in [2.24, 2.45) is 0 Å². The number of amides is 1. The molecule has 104 valence electrons. The Kier molecular flexibility index (Phi) is 5.04. The normalized spacial score (nSPS) is 12.5. The molecule has 0 saturated carbocycles. The molecule has 0 atom stereocenters. The fourth-order valence-electron chi connectivity index (χ4n) is 1.83. The van der Waals surface area contributed by atoms with Gasteiger partial charge in [-0.25, -0.2) is 0 Å². The fraction of sp³-hybridized carbons (Fsp3) is 0.462. The van der Waals surface area contributed by atoms with Crippen molar-refractivity contribution >= 4 is 21.8 Å². The van der Waals surface area contributed by atoms with E-state index in [1.807, 2.05) is 0 Å². The maximum Gasteiger partial charge on any atom is 0.254 e. The van der Waals surface area contributed by atoms with Gasteiger partial charge in [0.25, 0.3) is 5.91 Å². The van der Waals surface area contributed by atoms with E-state index in [-0.39, 0.29) is 12.7 Å². The van der Waals surface area contributed by atoms with Crippen LogP contribution in [-0.2, 0) is 4.74 Å². The molecule has 1 aromatic rings. The molecule has 2 rings (SSSR count). The fourth-order valence-corrected chi connectivity index (χ4v) is 2.26. The summed E-state index contributed by atoms with van der Waals surface area (Å²) in [5.74, 6) is 1.27. The van der Waals surface area contributed by atoms with Crippen molar-refractivity contribution in [1.29, 1.82) is 0 Å². The molecular weight excluding hydrogens is 314 g/mol. The molecule has 1 aromatic carbocycles. The Morgan fingerprint density at radius 2 is 2.16 bits per heavy atom. The topological polar surface area (TPSA) is 48.0 Å². The molecule has 6 heteroatoms. The number of nitrogens with zero attached hydrogens (tertiary/aromatic N) is 1. The maximum atomic E-state index is 12.4. The molecule has 1 aliphatic rings. The van der Waals surface area contributed by atoms with E-state index in [0.717, 1.165) is 5.33 Å². The van der Waals surface area contributed by atoms with Crippen LogP contribution in [0.4, 0.5) is 0 Å². The molecule has 0 aromatic heterocycles. The summed E-state index contributed by atoms with van der Waals surface area (Å²) >= 11 is 3.35. The minimum absolute atomic E-state index is 0.0326. The first kappa shape index (κ1) is 14.1. The van der Waals surface area contributed by atoms with Crippen LogP contribution in [0.5, 0.6) is 11.5 Å². The van der Waals surface area contributed by atoms with Gasteiger partial charge in [-0.05, 0) is 18.2 Å². The van der Waals surface area contributed by atoms with Crippen LogP contribution in [0.25, 0.3) is 0 Å². The second-order valence-corrected chi connectivity index (χ2v) is 4.84. The summed E-state index contributed by atoms with van der Waals surface area (Å²) in [4.78, 5) is 14.1. The third kappa shape index (κ3) is 3.39. The number of carbonyl (C=O) groups is 1. The van der Waals surface area contributed by atoms with Gasteiger partial charge >= 0.3 is 0 Å². The van der Waals surface area contributed by atoms with Crippen molar-refractivity contribution in [3.05, 3.63) is 23.8 Å². The van der Waals surface area contributed by atoms with E-state index in [9.17, 15) is 4.79 Å². The number of benzene rings is 1. The van der Waals surface area contributed by atoms with Gasteiger partial charge < -0.3 is 19.1 Å². The van der Waals surface area contributed by atoms with E-state index < -0.39 is 0 Å². The van der Waals surface area contributed by atoms with Crippen LogP contribution in [0.15, 0.2) is 18.2 Å². The maximum absolute atomic E-state index is 12.4. The Morgan fingerprint density at radius 1 is 1.37 bits per heavy atom. The van der Waals surface area contributed by atoms with E-state index in [0.29, 0.717) is 36.8 Å². The highest BCUT2D eigenvalue weighted by atomic mass is 79.9. The van der Waals surface area contributed by atoms with Crippen molar-refractivity contribution in [2.45, 2.75) is 0 Å². The standard InChI is InChI=1S/C13H16BrNO4/c1-17-7-6-15(5-4-14)13(16)10-2-3-11-12(8-10)19-9-18-11/h2-3,8H,4-7,9H2,1H3. The van der Waals surface area contributed by atoms with Crippen LogP contribution in [-0.4, -0.2) is 49.7 Å². The summed E-state index contributed by atoms with van der Waals surface area (Å²) in [6, 6.07) is 5.24. The monoisotopic (exact) mass is 329 g/mol. The summed E-state index contributed by atoms with van der Waals surface area (Å²) in [6.45, 7) is 1.93. The minimum Gasteiger partial charge on any atom is -0.454 e. The molecule has 0 spiro atoms. The van der Waals surface area contributed by atoms with Crippen LogP contribution in [0.3, 0.4) is 0 Å². The molecule has 0 radical (unpaired) electrons. The Bertz CT molecular complexity index is 452. The number of ether oxygens (including phenoxy) is 3. The number of carbonyl (C=O) groups excluding carboxylic acids is 1. The van der Waals surface area contributed by atoms with Gasteiger partial charge in [-0.1, -0.05) is 15.9 Å². The molecular formula is C13H16BrNO4. The van der Waals surface area contributed by atoms with Crippen molar-refractivity contribution < 1.29 is 19.0 Å². The predicted octanol–water partition coefficient (Wildman–Crippen LogP) is 1.90. The van der Waals surface area contributed by atoms with Gasteiger partial charge in [0.1, 0.15) is 0 Å². The van der Waals surface area contributed by atoms with Crippen molar-refractivity contribution in [3.63, 3.8) is 0 Å². The van der Waals surface area contributed by atoms with Gasteiger partial charge in [0.05, 0.1) is 6.61 Å². The zero-order valence-electron chi connectivity index (χ0n) is 10.7. The van der Waals surface area contributed by atoms with Crippen molar-refractivity contribution in [3.8, 4) is 11.5 Å². The smallest absolute Gasteiger partial charge is 0.254 e. The summed E-state index contributed by atoms with van der Waals surface area (Å²) in [6.07, 6.45) is 0. The quantitative estimate of drug-likeness (QED) is 0.748. The van der Waals surface area contributed by atoms with Gasteiger partial charge in [0, 0.05) is 31.1 Å². The van der Waals surface area contributed by atoms with Crippen molar-refractivity contribution in [2.75, 3.05) is 38.9 Å². The van der Waals surface area contributed by atoms with Gasteiger partial charge in [-0.15, -0.1) is 0 Å². The Morgan fingerprint density at radius 3 is 2.89 bits per heavy atom. The zero-order valence-corrected chi connectivity index (χ0v) is 12.3. The lowest BCUT2D eigenvalue weighted by Gasteiger charge is -2.21. The highest BCUT2D eigenvalue weighted by molar-refractivity contribution is 9.09. The van der Waals surface area contributed by atoms with Crippen LogP contribution in [0.1, 0.15) is 10.4 Å². The molecule has 5 nitrogen and oxygen atoms in total. The van der Waals surface area contributed by atoms with E-state index >= 15 is 0 Å². The van der Waals surface area contributed by atoms with E-state index in [2.05, 4.69) is 15.9 Å². The Labute approximate surface area is 120 Å². The lowest BCUT2D eigenvalue weighted by atomic mass is 10.1. The van der Waals surface area contributed by atoms with Gasteiger partial charge in [0.2, 0.25) is 6.79 Å². The first-order valence-electron chi connectivity index (χ1n) is 6.00. The molecule has 0 aliphatic carbocycles. The summed E-state index contributed by atoms with van der Waals surface area (Å²) in [5.41, 5.74) is 0.598. The van der Waals surface area contributed by atoms with E-state index in [4.69, 9.17) is 14.2 Å². The number of rotatable bonds is 6. The van der Waals surface area contributed by atoms with Gasteiger partial charge in [-0.2, -0.15) is 0 Å². The second kappa shape index (κ2) is 6.77. The zero-order chi connectivity index (χ0) is 13.7. The molecule has 0 fully saturated rings. The highest BCUT2D eigenvalue weighted by Gasteiger charge is 2.19. The Hall–Kier alpha value is -1.27. The average molecular weight is 330 g/mol. The first-order valence-corrected chi connectivity index (χ1v) is 7.12. The molecule has 0 saturated heterocycles. The molecule has 19 heavy (non-hydrogen) atoms. The number of alkyl halides is 1. The second-order valence-electron chi connectivity index (χ2n) is 4.04. The predicted molar refractivity (Wildman–Crippen MR) is 74.1 cm³/mol. The summed E-state index contributed by atoms with van der Waals surface area (Å²) in [5, 5.41) is 0.729. The number of halogens is 1. The molecule has 0 bridgehead atoms. The number of fused-ring (bicyclic) bond motifs is 1. The van der Waals surface area contributed by atoms with Crippen LogP contribution >= 0.6 is 15.9 Å². The molecule has 1 heterocycles. The third-order valence-electron chi connectivity index (χ3n) is 2.83. The number of hydrogen-bond donors (Lipinski definition) is 0. The SMILES string of the molecule is COCCN(CCBr)C(=O)c1ccc2c(c1)OCO2. The molecule has 1 aliphatic heterocycles. The van der Waals surface area contributed by atoms with Crippen LogP contribution in [0, 0.1) is 0 Å². The molecule has 0 N–H and O–H groups in total. The Balaban J connectivity index is 2.11. The largest absolute Gasteiger partial charge is 0.454 e. The van der Waals surface area contributed by atoms with E-state index in [1.54, 1.807) is 30.2 Å². The summed E-state index contributed by atoms with van der Waals surface area (Å²) in [7, 11) is 1.62.